The molecule has 0 spiro atoms. The second-order valence-electron chi connectivity index (χ2n) is 8.74. The molecule has 0 bridgehead atoms. The van der Waals surface area contributed by atoms with E-state index in [2.05, 4.69) is 33.2 Å². The lowest BCUT2D eigenvalue weighted by molar-refractivity contribution is -0.137. The summed E-state index contributed by atoms with van der Waals surface area (Å²) < 4.78 is 45.9. The largest absolute Gasteiger partial charge is 0.497 e. The van der Waals surface area contributed by atoms with E-state index in [1.54, 1.807) is 7.11 Å². The number of aliphatic imine (C=N–C) groups is 1. The molecule has 2 aromatic carbocycles. The number of likely N-dealkylation sites (N-methyl/N-ethyl adjacent to an activating group) is 1. The Morgan fingerprint density at radius 2 is 1.89 bits per heavy atom. The van der Waals surface area contributed by atoms with E-state index in [0.29, 0.717) is 46.6 Å². The first kappa shape index (κ1) is 29.0. The number of aromatic nitrogens is 1. The quantitative estimate of drug-likeness (QED) is 0.391. The fourth-order valence-electron chi connectivity index (χ4n) is 4.48. The normalized spacial score (nSPS) is 17.3. The van der Waals surface area contributed by atoms with Crippen LogP contribution in [0.4, 0.5) is 29.5 Å². The molecule has 0 aliphatic carbocycles. The average molecular weight is 575 g/mol. The summed E-state index contributed by atoms with van der Waals surface area (Å²) in [5.74, 6) is 1.32. The van der Waals surface area contributed by atoms with Gasteiger partial charge in [-0.15, -0.1) is 24.8 Å². The number of piperazine rings is 1. The summed E-state index contributed by atoms with van der Waals surface area (Å²) in [6, 6.07) is 15.6. The lowest BCUT2D eigenvalue weighted by atomic mass is 10.0. The van der Waals surface area contributed by atoms with Crippen molar-refractivity contribution >= 4 is 58.4 Å². The topological polar surface area (TPSA) is 53.0 Å². The number of nitrogens with one attached hydrogen (secondary N) is 1. The van der Waals surface area contributed by atoms with E-state index >= 15 is 0 Å². The Kier molecular flexibility index (Phi) is 9.33. The number of methoxy groups -OCH3 is 1. The molecule has 1 atom stereocenters. The van der Waals surface area contributed by atoms with Gasteiger partial charge in [0.05, 0.1) is 18.5 Å². The Morgan fingerprint density at radius 1 is 1.11 bits per heavy atom. The number of aryl methyl sites for hydroxylation is 1. The number of alkyl halides is 3. The summed E-state index contributed by atoms with van der Waals surface area (Å²) in [5.41, 5.74) is 2.81. The van der Waals surface area contributed by atoms with Crippen LogP contribution in [-0.2, 0) is 12.6 Å². The van der Waals surface area contributed by atoms with E-state index in [4.69, 9.17) is 9.73 Å². The Bertz CT molecular complexity index is 1250. The third-order valence-electron chi connectivity index (χ3n) is 6.44. The summed E-state index contributed by atoms with van der Waals surface area (Å²) in [6.07, 6.45) is -2.73. The smallest absolute Gasteiger partial charge is 0.443 e. The third kappa shape index (κ3) is 6.31. The van der Waals surface area contributed by atoms with Gasteiger partial charge in [0, 0.05) is 25.7 Å². The molecule has 2 aliphatic heterocycles. The van der Waals surface area contributed by atoms with E-state index in [9.17, 15) is 13.2 Å². The number of anilines is 2. The number of fused-ring (bicyclic) bond motifs is 2. The van der Waals surface area contributed by atoms with Crippen LogP contribution in [-0.4, -0.2) is 60.5 Å². The van der Waals surface area contributed by atoms with Gasteiger partial charge >= 0.3 is 6.18 Å². The van der Waals surface area contributed by atoms with Gasteiger partial charge in [-0.2, -0.15) is 13.2 Å². The van der Waals surface area contributed by atoms with Crippen LogP contribution >= 0.6 is 36.2 Å². The predicted molar refractivity (Wildman–Crippen MR) is 147 cm³/mol. The van der Waals surface area contributed by atoms with Crippen molar-refractivity contribution in [2.75, 3.05) is 39.1 Å². The average Bonchev–Trinajstić information content (AvgIpc) is 3.21. The van der Waals surface area contributed by atoms with E-state index in [0.717, 1.165) is 25.1 Å². The van der Waals surface area contributed by atoms with Crippen molar-refractivity contribution in [1.29, 1.82) is 0 Å². The molecule has 1 aromatic heterocycles. The molecule has 3 heterocycles. The molecular weight excluding hydrogens is 546 g/mol. The van der Waals surface area contributed by atoms with Crippen molar-refractivity contribution in [3.63, 3.8) is 0 Å². The highest BCUT2D eigenvalue weighted by molar-refractivity contribution is 7.16. The Labute approximate surface area is 230 Å². The van der Waals surface area contributed by atoms with Gasteiger partial charge in [0.25, 0.3) is 0 Å². The molecule has 1 unspecified atom stereocenters. The van der Waals surface area contributed by atoms with E-state index in [1.807, 2.05) is 42.5 Å². The molecule has 2 aliphatic rings. The maximum Gasteiger partial charge on any atom is 0.443 e. The highest BCUT2D eigenvalue weighted by Crippen LogP contribution is 2.42. The summed E-state index contributed by atoms with van der Waals surface area (Å²) in [5, 5.41) is 2.63. The minimum absolute atomic E-state index is 0. The molecule has 37 heavy (non-hydrogen) atoms. The third-order valence-corrected chi connectivity index (χ3v) is 7.45. The zero-order chi connectivity index (χ0) is 24.6. The Morgan fingerprint density at radius 3 is 2.65 bits per heavy atom. The molecule has 1 fully saturated rings. The maximum absolute atomic E-state index is 13.5. The van der Waals surface area contributed by atoms with E-state index in [1.165, 1.54) is 5.56 Å². The van der Waals surface area contributed by atoms with Crippen molar-refractivity contribution in [2.24, 2.45) is 4.99 Å². The molecule has 0 radical (unpaired) electrons. The van der Waals surface area contributed by atoms with Crippen LogP contribution in [0.25, 0.3) is 0 Å². The molecule has 200 valence electrons. The summed E-state index contributed by atoms with van der Waals surface area (Å²) in [7, 11) is 3.75. The zero-order valence-electron chi connectivity index (χ0n) is 20.3. The molecule has 6 nitrogen and oxygen atoms in total. The van der Waals surface area contributed by atoms with Gasteiger partial charge in [0.1, 0.15) is 16.4 Å². The molecule has 1 saturated heterocycles. The summed E-state index contributed by atoms with van der Waals surface area (Å²) in [6.45, 7) is 2.09. The van der Waals surface area contributed by atoms with Gasteiger partial charge in [-0.05, 0) is 49.7 Å². The predicted octanol–water partition coefficient (Wildman–Crippen LogP) is 6.40. The second kappa shape index (κ2) is 11.9. The standard InChI is InChI=1S/C25H26F3N5OS.2ClH/c1-32-12-13-33(15-17(32)11-10-16-6-5-7-18(14-16)34-2)22-21-23(35-24(31-21)25(26,27)28)30-20-9-4-3-8-19(20)29-22;;/h3-9,14,17,30H,10-13,15H2,1-2H3;2*1H. The number of nitrogens with zero attached hydrogens (tertiary/aromatic N) is 4. The fourth-order valence-corrected chi connectivity index (χ4v) is 5.32. The lowest BCUT2D eigenvalue weighted by Crippen LogP contribution is -2.53. The van der Waals surface area contributed by atoms with Crippen LogP contribution in [0.15, 0.2) is 53.5 Å². The van der Waals surface area contributed by atoms with Crippen molar-refractivity contribution in [2.45, 2.75) is 25.1 Å². The number of para-hydroxylation sites is 2. The van der Waals surface area contributed by atoms with Gasteiger partial charge in [-0.3, -0.25) is 4.90 Å². The number of ether oxygens (including phenoxy) is 1. The molecule has 1 N–H and O–H groups in total. The minimum atomic E-state index is -4.51. The number of amidine groups is 1. The van der Waals surface area contributed by atoms with Gasteiger partial charge in [-0.25, -0.2) is 9.98 Å². The lowest BCUT2D eigenvalue weighted by Gasteiger charge is -2.40. The van der Waals surface area contributed by atoms with Crippen molar-refractivity contribution < 1.29 is 17.9 Å². The highest BCUT2D eigenvalue weighted by Gasteiger charge is 2.39. The van der Waals surface area contributed by atoms with Crippen LogP contribution < -0.4 is 10.1 Å². The van der Waals surface area contributed by atoms with Crippen LogP contribution in [0, 0.1) is 0 Å². The molecule has 5 rings (SSSR count). The van der Waals surface area contributed by atoms with E-state index in [-0.39, 0.29) is 36.5 Å². The van der Waals surface area contributed by atoms with Crippen LogP contribution in [0.3, 0.4) is 0 Å². The number of benzene rings is 2. The summed E-state index contributed by atoms with van der Waals surface area (Å²) in [4.78, 5) is 13.2. The van der Waals surface area contributed by atoms with Gasteiger partial charge < -0.3 is 15.0 Å². The SMILES string of the molecule is COc1cccc(CCC2CN(C3=Nc4ccccc4Nc4sc(C(F)(F)F)nc43)CCN2C)c1.Cl.Cl. The number of hydrogen-bond acceptors (Lipinski definition) is 7. The molecule has 0 saturated carbocycles. The first-order valence-electron chi connectivity index (χ1n) is 11.4. The van der Waals surface area contributed by atoms with Crippen molar-refractivity contribution in [3.8, 4) is 5.75 Å². The molecule has 3 aromatic rings. The number of hydrogen-bond donors (Lipinski definition) is 1. The van der Waals surface area contributed by atoms with Crippen molar-refractivity contribution in [1.82, 2.24) is 14.8 Å². The van der Waals surface area contributed by atoms with Gasteiger partial charge in [0.15, 0.2) is 5.84 Å². The van der Waals surface area contributed by atoms with Crippen LogP contribution in [0.1, 0.15) is 22.7 Å². The Balaban J connectivity index is 0.00000190. The first-order valence-corrected chi connectivity index (χ1v) is 12.2. The van der Waals surface area contributed by atoms with Crippen LogP contribution in [0.5, 0.6) is 5.75 Å². The van der Waals surface area contributed by atoms with E-state index < -0.39 is 11.2 Å². The maximum atomic E-state index is 13.5. The molecular formula is C25H28Cl2F3N5OS. The second-order valence-corrected chi connectivity index (χ2v) is 9.74. The summed E-state index contributed by atoms with van der Waals surface area (Å²) >= 11 is 0.622. The van der Waals surface area contributed by atoms with Crippen molar-refractivity contribution in [3.05, 3.63) is 64.8 Å². The minimum Gasteiger partial charge on any atom is -0.497 e. The monoisotopic (exact) mass is 573 g/mol. The number of halogens is 5. The van der Waals surface area contributed by atoms with Crippen LogP contribution in [0.2, 0.25) is 0 Å². The van der Waals surface area contributed by atoms with Gasteiger partial charge in [-0.1, -0.05) is 35.6 Å². The zero-order valence-corrected chi connectivity index (χ0v) is 22.7. The van der Waals surface area contributed by atoms with Gasteiger partial charge in [0.2, 0.25) is 5.01 Å². The molecule has 12 heteroatoms. The Hall–Kier alpha value is -2.53. The fraction of sp³-hybridized carbons (Fsp3) is 0.360. The number of rotatable bonds is 4. The molecule has 0 amide bonds. The first-order chi connectivity index (χ1) is 16.8. The number of thiazole rings is 1. The highest BCUT2D eigenvalue weighted by atomic mass is 35.5.